The van der Waals surface area contributed by atoms with E-state index in [-0.39, 0.29) is 11.4 Å². The number of hydrogen-bond donors (Lipinski definition) is 1. The Labute approximate surface area is 137 Å². The monoisotopic (exact) mass is 356 g/mol. The van der Waals surface area contributed by atoms with Crippen molar-refractivity contribution in [2.24, 2.45) is 0 Å². The molecule has 0 radical (unpaired) electrons. The van der Waals surface area contributed by atoms with Crippen molar-refractivity contribution < 1.29 is 21.6 Å². The average molecular weight is 356 g/mol. The third kappa shape index (κ3) is 3.93. The van der Waals surface area contributed by atoms with Gasteiger partial charge in [0.15, 0.2) is 0 Å². The quantitative estimate of drug-likeness (QED) is 0.893. The minimum atomic E-state index is -4.50. The first kappa shape index (κ1) is 16.9. The largest absolute Gasteiger partial charge is 0.416 e. The van der Waals surface area contributed by atoms with Crippen LogP contribution in [0.3, 0.4) is 0 Å². The maximum absolute atomic E-state index is 12.5. The summed E-state index contributed by atoms with van der Waals surface area (Å²) in [7, 11) is -3.88. The third-order valence-corrected chi connectivity index (χ3v) is 5.24. The number of aromatic nitrogens is 1. The Bertz CT molecular complexity index is 829. The summed E-state index contributed by atoms with van der Waals surface area (Å²) >= 11 is 0. The van der Waals surface area contributed by atoms with Crippen LogP contribution in [0.2, 0.25) is 0 Å². The minimum absolute atomic E-state index is 0.0386. The first-order valence-electron chi connectivity index (χ1n) is 7.36. The van der Waals surface area contributed by atoms with Crippen molar-refractivity contribution >= 4 is 10.0 Å². The predicted molar refractivity (Wildman–Crippen MR) is 81.7 cm³/mol. The zero-order valence-corrected chi connectivity index (χ0v) is 13.4. The fraction of sp³-hybridized carbons (Fsp3) is 0.312. The predicted octanol–water partition coefficient (Wildman–Crippen LogP) is 3.46. The fourth-order valence-electron chi connectivity index (χ4n) is 2.33. The van der Waals surface area contributed by atoms with Gasteiger partial charge in [-0.1, -0.05) is 6.07 Å². The van der Waals surface area contributed by atoms with Gasteiger partial charge < -0.3 is 0 Å². The maximum Gasteiger partial charge on any atom is 0.416 e. The van der Waals surface area contributed by atoms with E-state index in [0.717, 1.165) is 48.2 Å². The normalized spacial score (nSPS) is 15.5. The lowest BCUT2D eigenvalue weighted by Gasteiger charge is -2.10. The van der Waals surface area contributed by atoms with Gasteiger partial charge in [0, 0.05) is 18.9 Å². The van der Waals surface area contributed by atoms with Crippen LogP contribution in [0.4, 0.5) is 13.2 Å². The van der Waals surface area contributed by atoms with Gasteiger partial charge in [0.05, 0.1) is 10.5 Å². The summed E-state index contributed by atoms with van der Waals surface area (Å²) < 4.78 is 64.3. The van der Waals surface area contributed by atoms with Crippen LogP contribution in [0.25, 0.3) is 0 Å². The standard InChI is InChI=1S/C16H15F3N2O2S/c17-16(18,19)14-3-5-15(6-4-14)24(22,23)21-9-11-7-13(10-20-8-11)12-1-2-12/h3-8,10,12,21H,1-2,9H2. The molecule has 0 saturated heterocycles. The van der Waals surface area contributed by atoms with Crippen molar-refractivity contribution in [3.63, 3.8) is 0 Å². The molecule has 1 N–H and O–H groups in total. The summed E-state index contributed by atoms with van der Waals surface area (Å²) in [5.41, 5.74) is 0.916. The zero-order chi connectivity index (χ0) is 17.4. The molecule has 0 bridgehead atoms. The summed E-state index contributed by atoms with van der Waals surface area (Å²) in [6, 6.07) is 5.31. The molecule has 128 valence electrons. The summed E-state index contributed by atoms with van der Waals surface area (Å²) in [6.45, 7) is 0.0386. The Morgan fingerprint density at radius 3 is 2.38 bits per heavy atom. The first-order valence-corrected chi connectivity index (χ1v) is 8.85. The van der Waals surface area contributed by atoms with Crippen molar-refractivity contribution in [3.8, 4) is 0 Å². The molecule has 8 heteroatoms. The number of hydrogen-bond acceptors (Lipinski definition) is 3. The van der Waals surface area contributed by atoms with Gasteiger partial charge in [-0.25, -0.2) is 13.1 Å². The van der Waals surface area contributed by atoms with Gasteiger partial charge in [-0.2, -0.15) is 13.2 Å². The molecule has 4 nitrogen and oxygen atoms in total. The molecule has 1 heterocycles. The van der Waals surface area contributed by atoms with E-state index in [1.54, 1.807) is 12.4 Å². The number of alkyl halides is 3. The molecular weight excluding hydrogens is 341 g/mol. The van der Waals surface area contributed by atoms with Gasteiger partial charge in [-0.05, 0) is 54.2 Å². The second-order valence-electron chi connectivity index (χ2n) is 5.75. The van der Waals surface area contributed by atoms with Crippen LogP contribution in [-0.4, -0.2) is 13.4 Å². The molecule has 1 aromatic carbocycles. The number of pyridine rings is 1. The molecule has 0 aliphatic heterocycles. The van der Waals surface area contributed by atoms with Crippen LogP contribution in [-0.2, 0) is 22.7 Å². The Morgan fingerprint density at radius 1 is 1.12 bits per heavy atom. The number of nitrogens with zero attached hydrogens (tertiary/aromatic N) is 1. The summed E-state index contributed by atoms with van der Waals surface area (Å²) in [4.78, 5) is 3.89. The molecular formula is C16H15F3N2O2S. The summed E-state index contributed by atoms with van der Waals surface area (Å²) in [6.07, 6.45) is 1.07. The van der Waals surface area contributed by atoms with Crippen LogP contribution in [0, 0.1) is 0 Å². The molecule has 2 aromatic rings. The van der Waals surface area contributed by atoms with Gasteiger partial charge in [0.1, 0.15) is 0 Å². The average Bonchev–Trinajstić information content (AvgIpc) is 3.38. The van der Waals surface area contributed by atoms with E-state index in [2.05, 4.69) is 9.71 Å². The number of benzene rings is 1. The highest BCUT2D eigenvalue weighted by Gasteiger charge is 2.30. The Kier molecular flexibility index (Phi) is 4.35. The molecule has 1 aliphatic rings. The summed E-state index contributed by atoms with van der Waals surface area (Å²) in [5.74, 6) is 0.504. The third-order valence-electron chi connectivity index (χ3n) is 3.82. The van der Waals surface area contributed by atoms with Gasteiger partial charge in [-0.15, -0.1) is 0 Å². The molecule has 3 rings (SSSR count). The van der Waals surface area contributed by atoms with Gasteiger partial charge >= 0.3 is 6.18 Å². The van der Waals surface area contributed by atoms with E-state index in [9.17, 15) is 21.6 Å². The minimum Gasteiger partial charge on any atom is -0.264 e. The molecule has 1 aromatic heterocycles. The molecule has 1 saturated carbocycles. The Balaban J connectivity index is 1.70. The van der Waals surface area contributed by atoms with Crippen molar-refractivity contribution in [1.29, 1.82) is 0 Å². The first-order chi connectivity index (χ1) is 11.3. The van der Waals surface area contributed by atoms with Crippen molar-refractivity contribution in [2.45, 2.75) is 36.4 Å². The number of rotatable bonds is 5. The molecule has 1 fully saturated rings. The van der Waals surface area contributed by atoms with E-state index in [0.29, 0.717) is 5.92 Å². The van der Waals surface area contributed by atoms with Crippen LogP contribution in [0.1, 0.15) is 35.4 Å². The van der Waals surface area contributed by atoms with E-state index < -0.39 is 21.8 Å². The zero-order valence-electron chi connectivity index (χ0n) is 12.5. The van der Waals surface area contributed by atoms with Crippen LogP contribution < -0.4 is 4.72 Å². The second-order valence-corrected chi connectivity index (χ2v) is 7.51. The molecule has 0 spiro atoms. The van der Waals surface area contributed by atoms with Crippen molar-refractivity contribution in [2.75, 3.05) is 0 Å². The SMILES string of the molecule is O=S(=O)(NCc1cncc(C2CC2)c1)c1ccc(C(F)(F)F)cc1. The van der Waals surface area contributed by atoms with Crippen molar-refractivity contribution in [1.82, 2.24) is 9.71 Å². The lowest BCUT2D eigenvalue weighted by Crippen LogP contribution is -2.23. The van der Waals surface area contributed by atoms with Crippen molar-refractivity contribution in [3.05, 3.63) is 59.4 Å². The molecule has 0 atom stereocenters. The lowest BCUT2D eigenvalue weighted by atomic mass is 10.1. The van der Waals surface area contributed by atoms with E-state index in [4.69, 9.17) is 0 Å². The fourth-order valence-corrected chi connectivity index (χ4v) is 3.35. The highest BCUT2D eigenvalue weighted by atomic mass is 32.2. The van der Waals surface area contributed by atoms with E-state index >= 15 is 0 Å². The molecule has 0 amide bonds. The smallest absolute Gasteiger partial charge is 0.264 e. The second kappa shape index (κ2) is 6.18. The summed E-state index contributed by atoms with van der Waals surface area (Å²) in [5, 5.41) is 0. The number of nitrogens with one attached hydrogen (secondary N) is 1. The van der Waals surface area contributed by atoms with Gasteiger partial charge in [-0.3, -0.25) is 4.98 Å². The number of sulfonamides is 1. The molecule has 24 heavy (non-hydrogen) atoms. The van der Waals surface area contributed by atoms with E-state index in [1.165, 1.54) is 0 Å². The maximum atomic E-state index is 12.5. The van der Waals surface area contributed by atoms with Gasteiger partial charge in [0.2, 0.25) is 10.0 Å². The molecule has 0 unspecified atom stereocenters. The van der Waals surface area contributed by atoms with Crippen LogP contribution >= 0.6 is 0 Å². The topological polar surface area (TPSA) is 59.1 Å². The Hall–Kier alpha value is -1.93. The Morgan fingerprint density at radius 2 is 1.79 bits per heavy atom. The van der Waals surface area contributed by atoms with Gasteiger partial charge in [0.25, 0.3) is 0 Å². The van der Waals surface area contributed by atoms with E-state index in [1.807, 2.05) is 6.07 Å². The number of halogens is 3. The van der Waals surface area contributed by atoms with Crippen LogP contribution in [0.15, 0.2) is 47.6 Å². The highest BCUT2D eigenvalue weighted by Crippen LogP contribution is 2.39. The van der Waals surface area contributed by atoms with Crippen LogP contribution in [0.5, 0.6) is 0 Å². The lowest BCUT2D eigenvalue weighted by molar-refractivity contribution is -0.137. The highest BCUT2D eigenvalue weighted by molar-refractivity contribution is 7.89. The molecule has 1 aliphatic carbocycles.